The average molecular weight is 557 g/mol. The summed E-state index contributed by atoms with van der Waals surface area (Å²) in [6.45, 7) is 10.4. The lowest BCUT2D eigenvalue weighted by atomic mass is 9.92. The van der Waals surface area contributed by atoms with Crippen LogP contribution in [-0.4, -0.2) is 50.7 Å². The molecule has 39 heavy (non-hydrogen) atoms. The first-order chi connectivity index (χ1) is 18.8. The SMILES string of the molecule is CC[Si](CC)(CC)CC[C@]1(COCc2ccccc2)OC(OC(C)=O)[C@H](OC(C)=O)[C@@H]1OCc1ccccc1. The zero-order valence-electron chi connectivity index (χ0n) is 24.0. The average Bonchev–Trinajstić information content (AvgIpc) is 3.20. The van der Waals surface area contributed by atoms with E-state index in [1.54, 1.807) is 0 Å². The van der Waals surface area contributed by atoms with Gasteiger partial charge in [0.1, 0.15) is 11.7 Å². The molecule has 0 aliphatic carbocycles. The molecule has 1 heterocycles. The molecule has 1 unspecified atom stereocenters. The van der Waals surface area contributed by atoms with Gasteiger partial charge in [0.2, 0.25) is 6.29 Å². The number of carbonyl (C=O) groups is 2. The molecule has 0 bridgehead atoms. The van der Waals surface area contributed by atoms with Crippen LogP contribution >= 0.6 is 0 Å². The Morgan fingerprint density at radius 3 is 1.87 bits per heavy atom. The third-order valence-corrected chi connectivity index (χ3v) is 13.9. The fourth-order valence-corrected chi connectivity index (χ4v) is 8.95. The summed E-state index contributed by atoms with van der Waals surface area (Å²) in [6.07, 6.45) is -2.05. The lowest BCUT2D eigenvalue weighted by molar-refractivity contribution is -0.212. The molecule has 0 spiro atoms. The maximum absolute atomic E-state index is 12.2. The summed E-state index contributed by atoms with van der Waals surface area (Å²) < 4.78 is 30.7. The Morgan fingerprint density at radius 2 is 1.36 bits per heavy atom. The molecule has 0 radical (unpaired) electrons. The number of rotatable bonds is 15. The fourth-order valence-electron chi connectivity index (χ4n) is 5.44. The van der Waals surface area contributed by atoms with Crippen molar-refractivity contribution >= 4 is 20.0 Å². The highest BCUT2D eigenvalue weighted by Gasteiger charge is 2.59. The van der Waals surface area contributed by atoms with Crippen LogP contribution in [-0.2, 0) is 46.5 Å². The largest absolute Gasteiger partial charge is 0.453 e. The number of hydrogen-bond acceptors (Lipinski definition) is 7. The van der Waals surface area contributed by atoms with Crippen molar-refractivity contribution in [2.45, 2.75) is 103 Å². The van der Waals surface area contributed by atoms with Gasteiger partial charge in [0.05, 0.1) is 27.9 Å². The van der Waals surface area contributed by atoms with Gasteiger partial charge in [0.15, 0.2) is 6.10 Å². The molecule has 4 atom stereocenters. The van der Waals surface area contributed by atoms with Crippen LogP contribution in [0, 0.1) is 0 Å². The van der Waals surface area contributed by atoms with Gasteiger partial charge < -0.3 is 23.7 Å². The van der Waals surface area contributed by atoms with Crippen LogP contribution in [0.2, 0.25) is 24.2 Å². The standard InChI is InChI=1S/C31H44O7Si/c1-6-39(7-2,8-3)20-19-31(23-34-21-26-15-11-9-12-16-26)29(35-22-27-17-13-10-14-18-27)28(36-24(4)32)30(38-31)37-25(5)33/h9-18,28-30H,6-8,19-23H2,1-5H3/t28-,29+,30?,31-/m1/s1. The highest BCUT2D eigenvalue weighted by Crippen LogP contribution is 2.43. The quantitative estimate of drug-likeness (QED) is 0.189. The second-order valence-electron chi connectivity index (χ2n) is 10.5. The van der Waals surface area contributed by atoms with Crippen molar-refractivity contribution in [1.82, 2.24) is 0 Å². The molecule has 0 N–H and O–H groups in total. The van der Waals surface area contributed by atoms with Crippen molar-refractivity contribution in [3.8, 4) is 0 Å². The second kappa shape index (κ2) is 14.7. The molecule has 0 aromatic heterocycles. The van der Waals surface area contributed by atoms with Gasteiger partial charge in [-0.15, -0.1) is 0 Å². The molecule has 1 saturated heterocycles. The van der Waals surface area contributed by atoms with Gasteiger partial charge >= 0.3 is 11.9 Å². The smallest absolute Gasteiger partial charge is 0.305 e. The van der Waals surface area contributed by atoms with E-state index < -0.39 is 44.1 Å². The zero-order valence-corrected chi connectivity index (χ0v) is 25.0. The third kappa shape index (κ3) is 8.48. The molecular formula is C31H44O7Si. The van der Waals surface area contributed by atoms with Crippen LogP contribution in [0.25, 0.3) is 0 Å². The Morgan fingerprint density at radius 1 is 0.821 bits per heavy atom. The lowest BCUT2D eigenvalue weighted by Gasteiger charge is -2.38. The second-order valence-corrected chi connectivity index (χ2v) is 16.1. The maximum Gasteiger partial charge on any atom is 0.305 e. The van der Waals surface area contributed by atoms with E-state index in [4.69, 9.17) is 23.7 Å². The van der Waals surface area contributed by atoms with E-state index in [0.29, 0.717) is 13.0 Å². The van der Waals surface area contributed by atoms with E-state index in [0.717, 1.165) is 35.3 Å². The molecule has 1 aliphatic rings. The van der Waals surface area contributed by atoms with Crippen LogP contribution < -0.4 is 0 Å². The first kappa shape index (κ1) is 31.0. The third-order valence-electron chi connectivity index (χ3n) is 8.08. The van der Waals surface area contributed by atoms with Gasteiger partial charge in [0.25, 0.3) is 0 Å². The Bertz CT molecular complexity index is 1020. The summed E-state index contributed by atoms with van der Waals surface area (Å²) in [4.78, 5) is 24.3. The molecule has 0 amide bonds. The van der Waals surface area contributed by atoms with Gasteiger partial charge in [-0.25, -0.2) is 0 Å². The number of hydrogen-bond donors (Lipinski definition) is 0. The summed E-state index contributed by atoms with van der Waals surface area (Å²) in [5.41, 5.74) is 1.05. The summed E-state index contributed by atoms with van der Waals surface area (Å²) in [5, 5.41) is 0. The Labute approximate surface area is 234 Å². The molecule has 1 fully saturated rings. The molecule has 8 heteroatoms. The van der Waals surface area contributed by atoms with E-state index in [1.807, 2.05) is 60.7 Å². The molecule has 2 aromatic rings. The molecular weight excluding hydrogens is 512 g/mol. The topological polar surface area (TPSA) is 80.3 Å². The normalized spacial score (nSPS) is 22.9. The zero-order chi connectivity index (χ0) is 28.3. The first-order valence-electron chi connectivity index (χ1n) is 14.1. The van der Waals surface area contributed by atoms with E-state index in [1.165, 1.54) is 13.8 Å². The van der Waals surface area contributed by atoms with Crippen molar-refractivity contribution in [3.63, 3.8) is 0 Å². The minimum Gasteiger partial charge on any atom is -0.453 e. The molecule has 214 valence electrons. The predicted molar refractivity (Wildman–Crippen MR) is 153 cm³/mol. The summed E-state index contributed by atoms with van der Waals surface area (Å²) in [6, 6.07) is 24.3. The highest BCUT2D eigenvalue weighted by molar-refractivity contribution is 6.79. The van der Waals surface area contributed by atoms with Crippen LogP contribution in [0.4, 0.5) is 0 Å². The number of carbonyl (C=O) groups excluding carboxylic acids is 2. The lowest BCUT2D eigenvalue weighted by Crippen LogP contribution is -2.51. The predicted octanol–water partition coefficient (Wildman–Crippen LogP) is 6.28. The number of esters is 2. The van der Waals surface area contributed by atoms with Gasteiger partial charge in [-0.05, 0) is 17.5 Å². The van der Waals surface area contributed by atoms with Gasteiger partial charge in [-0.3, -0.25) is 9.59 Å². The van der Waals surface area contributed by atoms with Gasteiger partial charge in [-0.1, -0.05) is 106 Å². The Hall–Kier alpha value is -2.52. The van der Waals surface area contributed by atoms with E-state index in [9.17, 15) is 9.59 Å². The monoisotopic (exact) mass is 556 g/mol. The Balaban J connectivity index is 1.98. The minimum absolute atomic E-state index is 0.207. The molecule has 7 nitrogen and oxygen atoms in total. The van der Waals surface area contributed by atoms with Crippen LogP contribution in [0.15, 0.2) is 60.7 Å². The summed E-state index contributed by atoms with van der Waals surface area (Å²) >= 11 is 0. The summed E-state index contributed by atoms with van der Waals surface area (Å²) in [7, 11) is -1.57. The van der Waals surface area contributed by atoms with E-state index in [-0.39, 0.29) is 13.2 Å². The van der Waals surface area contributed by atoms with Crippen molar-refractivity contribution in [2.24, 2.45) is 0 Å². The minimum atomic E-state index is -1.57. The Kier molecular flexibility index (Phi) is 11.7. The highest BCUT2D eigenvalue weighted by atomic mass is 28.3. The number of ether oxygens (including phenoxy) is 5. The van der Waals surface area contributed by atoms with Crippen molar-refractivity contribution in [1.29, 1.82) is 0 Å². The molecule has 2 aromatic carbocycles. The molecule has 0 saturated carbocycles. The first-order valence-corrected chi connectivity index (χ1v) is 16.9. The van der Waals surface area contributed by atoms with E-state index in [2.05, 4.69) is 20.8 Å². The van der Waals surface area contributed by atoms with Crippen molar-refractivity contribution in [3.05, 3.63) is 71.8 Å². The molecule has 3 rings (SSSR count). The maximum atomic E-state index is 12.2. The van der Waals surface area contributed by atoms with Crippen LogP contribution in [0.5, 0.6) is 0 Å². The summed E-state index contributed by atoms with van der Waals surface area (Å²) in [5.74, 6) is -1.01. The van der Waals surface area contributed by atoms with Gasteiger partial charge in [-0.2, -0.15) is 0 Å². The van der Waals surface area contributed by atoms with E-state index >= 15 is 0 Å². The number of benzene rings is 2. The van der Waals surface area contributed by atoms with Crippen molar-refractivity contribution in [2.75, 3.05) is 6.61 Å². The van der Waals surface area contributed by atoms with Crippen LogP contribution in [0.3, 0.4) is 0 Å². The molecule has 1 aliphatic heterocycles. The van der Waals surface area contributed by atoms with Crippen molar-refractivity contribution < 1.29 is 33.3 Å². The fraction of sp³-hybridized carbons (Fsp3) is 0.548. The van der Waals surface area contributed by atoms with Crippen LogP contribution in [0.1, 0.15) is 52.2 Å². The van der Waals surface area contributed by atoms with Gasteiger partial charge in [0, 0.05) is 13.8 Å².